The van der Waals surface area contributed by atoms with E-state index in [0.717, 1.165) is 45.8 Å². The number of carbonyl (C=O) groups is 2. The average molecular weight is 533 g/mol. The second-order valence-electron chi connectivity index (χ2n) is 10.0. The van der Waals surface area contributed by atoms with Crippen molar-refractivity contribution in [3.8, 4) is 0 Å². The second-order valence-corrected chi connectivity index (χ2v) is 10.0. The average Bonchev–Trinajstić information content (AvgIpc) is 3.44. The number of esters is 2. The lowest BCUT2D eigenvalue weighted by atomic mass is 10.0. The SMILES string of the molecule is CC1(OC(=O)/C=C/C(=O)OC2(C)c3ccccc3CN2c2ccncc2)c2ccccc2CN1c1ccncc1. The molecule has 8 heteroatoms. The fraction of sp³-hybridized carbons (Fsp3) is 0.188. The van der Waals surface area contributed by atoms with Crippen molar-refractivity contribution in [3.05, 3.63) is 132 Å². The number of carbonyl (C=O) groups excluding carboxylic acids is 2. The van der Waals surface area contributed by atoms with Gasteiger partial charge in [0.05, 0.1) is 0 Å². The van der Waals surface area contributed by atoms with Gasteiger partial charge in [0.15, 0.2) is 0 Å². The molecule has 2 atom stereocenters. The molecule has 0 radical (unpaired) electrons. The van der Waals surface area contributed by atoms with Gasteiger partial charge in [-0.3, -0.25) is 9.97 Å². The zero-order valence-corrected chi connectivity index (χ0v) is 22.2. The largest absolute Gasteiger partial charge is 0.432 e. The maximum absolute atomic E-state index is 13.1. The highest BCUT2D eigenvalue weighted by atomic mass is 16.6. The van der Waals surface area contributed by atoms with Crippen LogP contribution in [-0.2, 0) is 43.6 Å². The summed E-state index contributed by atoms with van der Waals surface area (Å²) in [5.41, 5.74) is 3.49. The highest BCUT2D eigenvalue weighted by Gasteiger charge is 2.46. The first-order valence-electron chi connectivity index (χ1n) is 13.0. The maximum Gasteiger partial charge on any atom is 0.333 e. The third-order valence-electron chi connectivity index (χ3n) is 7.62. The molecule has 0 bridgehead atoms. The molecule has 0 N–H and O–H groups in total. The van der Waals surface area contributed by atoms with Crippen LogP contribution < -0.4 is 9.80 Å². The van der Waals surface area contributed by atoms with Crippen LogP contribution in [0.3, 0.4) is 0 Å². The van der Waals surface area contributed by atoms with E-state index in [9.17, 15) is 9.59 Å². The quantitative estimate of drug-likeness (QED) is 0.247. The summed E-state index contributed by atoms with van der Waals surface area (Å²) in [4.78, 5) is 38.5. The Kier molecular flexibility index (Phi) is 6.30. The van der Waals surface area contributed by atoms with Crippen LogP contribution in [0.5, 0.6) is 0 Å². The molecule has 8 nitrogen and oxygen atoms in total. The van der Waals surface area contributed by atoms with Gasteiger partial charge >= 0.3 is 11.9 Å². The van der Waals surface area contributed by atoms with Gasteiger partial charge in [-0.25, -0.2) is 9.59 Å². The van der Waals surface area contributed by atoms with E-state index in [-0.39, 0.29) is 0 Å². The van der Waals surface area contributed by atoms with Crippen LogP contribution in [0.15, 0.2) is 110 Å². The van der Waals surface area contributed by atoms with Gasteiger partial charge in [0, 0.05) is 72.5 Å². The number of nitrogens with zero attached hydrogens (tertiary/aromatic N) is 4. The van der Waals surface area contributed by atoms with Gasteiger partial charge < -0.3 is 19.3 Å². The molecule has 2 aromatic carbocycles. The number of fused-ring (bicyclic) bond motifs is 2. The van der Waals surface area contributed by atoms with E-state index in [1.54, 1.807) is 24.8 Å². The normalized spacial score (nSPS) is 21.2. The van der Waals surface area contributed by atoms with Crippen LogP contribution in [0, 0.1) is 0 Å². The molecule has 0 saturated carbocycles. The Balaban J connectivity index is 1.22. The minimum Gasteiger partial charge on any atom is -0.432 e. The number of aromatic nitrogens is 2. The summed E-state index contributed by atoms with van der Waals surface area (Å²) in [5, 5.41) is 0. The number of benzene rings is 2. The van der Waals surface area contributed by atoms with Gasteiger partial charge in [0.25, 0.3) is 0 Å². The van der Waals surface area contributed by atoms with Gasteiger partial charge in [-0.1, -0.05) is 48.5 Å². The number of hydrogen-bond acceptors (Lipinski definition) is 8. The highest BCUT2D eigenvalue weighted by Crippen LogP contribution is 2.44. The molecule has 4 aromatic rings. The molecule has 2 aliphatic heterocycles. The zero-order chi connectivity index (χ0) is 27.7. The van der Waals surface area contributed by atoms with Gasteiger partial charge in [-0.15, -0.1) is 0 Å². The molecule has 200 valence electrons. The van der Waals surface area contributed by atoms with Crippen molar-refractivity contribution in [1.29, 1.82) is 0 Å². The second kappa shape index (κ2) is 9.96. The van der Waals surface area contributed by atoms with E-state index in [4.69, 9.17) is 9.47 Å². The Morgan fingerprint density at radius 2 is 1.02 bits per heavy atom. The summed E-state index contributed by atoms with van der Waals surface area (Å²) >= 11 is 0. The molecule has 0 saturated heterocycles. The first kappa shape index (κ1) is 25.3. The van der Waals surface area contributed by atoms with Crippen molar-refractivity contribution in [2.75, 3.05) is 9.80 Å². The monoisotopic (exact) mass is 532 g/mol. The molecule has 0 spiro atoms. The predicted octanol–water partition coefficient (Wildman–Crippen LogP) is 5.21. The van der Waals surface area contributed by atoms with Crippen molar-refractivity contribution >= 4 is 23.3 Å². The zero-order valence-electron chi connectivity index (χ0n) is 22.2. The Hall–Kier alpha value is -4.98. The van der Waals surface area contributed by atoms with E-state index in [1.165, 1.54) is 0 Å². The summed E-state index contributed by atoms with van der Waals surface area (Å²) in [6, 6.07) is 23.2. The Bertz CT molecular complexity index is 1470. The number of rotatable bonds is 6. The van der Waals surface area contributed by atoms with Crippen LogP contribution in [0.1, 0.15) is 36.1 Å². The van der Waals surface area contributed by atoms with Gasteiger partial charge in [-0.2, -0.15) is 0 Å². The lowest BCUT2D eigenvalue weighted by Crippen LogP contribution is -2.42. The van der Waals surface area contributed by atoms with Crippen molar-refractivity contribution in [2.24, 2.45) is 0 Å². The predicted molar refractivity (Wildman–Crippen MR) is 150 cm³/mol. The third kappa shape index (κ3) is 4.37. The lowest BCUT2D eigenvalue weighted by molar-refractivity contribution is -0.155. The van der Waals surface area contributed by atoms with Crippen LogP contribution in [0.2, 0.25) is 0 Å². The van der Waals surface area contributed by atoms with Crippen LogP contribution >= 0.6 is 0 Å². The van der Waals surface area contributed by atoms with Crippen molar-refractivity contribution < 1.29 is 19.1 Å². The minimum absolute atomic E-state index is 0.568. The fourth-order valence-corrected chi connectivity index (χ4v) is 5.69. The van der Waals surface area contributed by atoms with Crippen LogP contribution in [-0.4, -0.2) is 21.9 Å². The molecule has 0 amide bonds. The van der Waals surface area contributed by atoms with Gasteiger partial charge in [0.2, 0.25) is 11.4 Å². The molecule has 2 aromatic heterocycles. The fourth-order valence-electron chi connectivity index (χ4n) is 5.69. The third-order valence-corrected chi connectivity index (χ3v) is 7.62. The lowest BCUT2D eigenvalue weighted by Gasteiger charge is -2.37. The smallest absolute Gasteiger partial charge is 0.333 e. The molecule has 6 rings (SSSR count). The molecule has 2 aliphatic rings. The highest BCUT2D eigenvalue weighted by molar-refractivity contribution is 5.92. The van der Waals surface area contributed by atoms with E-state index in [2.05, 4.69) is 9.97 Å². The first-order chi connectivity index (χ1) is 19.4. The summed E-state index contributed by atoms with van der Waals surface area (Å²) < 4.78 is 12.1. The number of hydrogen-bond donors (Lipinski definition) is 0. The van der Waals surface area contributed by atoms with E-state index in [1.807, 2.05) is 96.4 Å². The Labute approximate surface area is 232 Å². The minimum atomic E-state index is -1.07. The molecule has 4 heterocycles. The molecule has 40 heavy (non-hydrogen) atoms. The van der Waals surface area contributed by atoms with Gasteiger partial charge in [0.1, 0.15) is 0 Å². The Morgan fingerprint density at radius 1 is 0.650 bits per heavy atom. The van der Waals surface area contributed by atoms with Crippen LogP contribution in [0.25, 0.3) is 0 Å². The van der Waals surface area contributed by atoms with Crippen LogP contribution in [0.4, 0.5) is 11.4 Å². The van der Waals surface area contributed by atoms with E-state index in [0.29, 0.717) is 13.1 Å². The number of anilines is 2. The molecular weight excluding hydrogens is 504 g/mol. The number of ether oxygens (including phenoxy) is 2. The van der Waals surface area contributed by atoms with Crippen molar-refractivity contribution in [2.45, 2.75) is 38.4 Å². The topological polar surface area (TPSA) is 84.9 Å². The first-order valence-corrected chi connectivity index (χ1v) is 13.0. The summed E-state index contributed by atoms with van der Waals surface area (Å²) in [5.74, 6) is -1.31. The van der Waals surface area contributed by atoms with E-state index < -0.39 is 23.4 Å². The maximum atomic E-state index is 13.1. The molecule has 2 unspecified atom stereocenters. The van der Waals surface area contributed by atoms with Crippen molar-refractivity contribution in [1.82, 2.24) is 9.97 Å². The molecule has 0 fully saturated rings. The van der Waals surface area contributed by atoms with Gasteiger partial charge in [-0.05, 0) is 49.2 Å². The Morgan fingerprint density at radius 3 is 1.43 bits per heavy atom. The standard InChI is InChI=1S/C32H28N4O4/c1-31(27-9-5-3-7-23(27)21-35(31)25-13-17-33-18-14-25)39-29(37)11-12-30(38)40-32(2)28-10-6-4-8-24(28)22-36(32)26-15-19-34-20-16-26/h3-20H,21-22H2,1-2H3/b12-11+. The van der Waals surface area contributed by atoms with Crippen molar-refractivity contribution in [3.63, 3.8) is 0 Å². The molecular formula is C32H28N4O4. The molecule has 0 aliphatic carbocycles. The number of pyridine rings is 2. The summed E-state index contributed by atoms with van der Waals surface area (Å²) in [7, 11) is 0. The summed E-state index contributed by atoms with van der Waals surface area (Å²) in [6.45, 7) is 4.84. The van der Waals surface area contributed by atoms with E-state index >= 15 is 0 Å². The summed E-state index contributed by atoms with van der Waals surface area (Å²) in [6.07, 6.45) is 9.06.